The van der Waals surface area contributed by atoms with Crippen LogP contribution in [0.15, 0.2) is 24.3 Å². The fraction of sp³-hybridized carbons (Fsp3) is 0.696. The summed E-state index contributed by atoms with van der Waals surface area (Å²) >= 11 is 5.91. The zero-order chi connectivity index (χ0) is 18.9. The van der Waals surface area contributed by atoms with E-state index in [1.54, 1.807) is 18.2 Å². The van der Waals surface area contributed by atoms with Gasteiger partial charge < -0.3 is 5.32 Å². The van der Waals surface area contributed by atoms with Gasteiger partial charge in [0.05, 0.1) is 0 Å². The molecule has 0 spiro atoms. The topological polar surface area (TPSA) is 29.1 Å². The van der Waals surface area contributed by atoms with Crippen LogP contribution in [0.4, 0.5) is 0 Å². The molecule has 0 bridgehead atoms. The van der Waals surface area contributed by atoms with Crippen molar-refractivity contribution in [2.24, 2.45) is 0 Å². The molecule has 1 N–H and O–H groups in total. The van der Waals surface area contributed by atoms with Crippen LogP contribution in [0.3, 0.4) is 0 Å². The van der Waals surface area contributed by atoms with Crippen molar-refractivity contribution in [2.75, 3.05) is 6.54 Å². The normalized spacial score (nSPS) is 10.8. The van der Waals surface area contributed by atoms with Gasteiger partial charge in [-0.05, 0) is 24.6 Å². The standard InChI is InChI=1S/C23H38ClNO/c1-2-3-4-5-6-7-8-9-10-11-12-13-14-15-19-25-23(26)21-17-16-18-22(24)20-21/h16-18,20H,2-15,19H2,1H3,(H,25,26). The smallest absolute Gasteiger partial charge is 0.251 e. The maximum absolute atomic E-state index is 12.0. The maximum Gasteiger partial charge on any atom is 0.251 e. The molecule has 26 heavy (non-hydrogen) atoms. The molecule has 0 atom stereocenters. The van der Waals surface area contributed by atoms with Crippen molar-refractivity contribution in [3.63, 3.8) is 0 Å². The molecule has 1 aromatic carbocycles. The molecule has 148 valence electrons. The fourth-order valence-electron chi connectivity index (χ4n) is 3.25. The second-order valence-electron chi connectivity index (χ2n) is 7.36. The molecule has 0 radical (unpaired) electrons. The van der Waals surface area contributed by atoms with Crippen molar-refractivity contribution in [2.45, 2.75) is 96.8 Å². The number of benzene rings is 1. The van der Waals surface area contributed by atoms with E-state index < -0.39 is 0 Å². The summed E-state index contributed by atoms with van der Waals surface area (Å²) in [5.74, 6) is -0.0257. The van der Waals surface area contributed by atoms with Gasteiger partial charge >= 0.3 is 0 Å². The van der Waals surface area contributed by atoms with Crippen molar-refractivity contribution in [3.8, 4) is 0 Å². The van der Waals surface area contributed by atoms with Crippen LogP contribution in [0.2, 0.25) is 5.02 Å². The molecule has 0 saturated carbocycles. The van der Waals surface area contributed by atoms with Crippen LogP contribution in [0.5, 0.6) is 0 Å². The Morgan fingerprint density at radius 3 is 1.81 bits per heavy atom. The van der Waals surface area contributed by atoms with E-state index in [1.165, 1.54) is 83.5 Å². The second-order valence-corrected chi connectivity index (χ2v) is 7.80. The Labute approximate surface area is 166 Å². The summed E-state index contributed by atoms with van der Waals surface area (Å²) in [4.78, 5) is 12.0. The van der Waals surface area contributed by atoms with Crippen LogP contribution < -0.4 is 5.32 Å². The molecule has 0 unspecified atom stereocenters. The first-order valence-corrected chi connectivity index (χ1v) is 11.2. The van der Waals surface area contributed by atoms with Gasteiger partial charge in [-0.2, -0.15) is 0 Å². The van der Waals surface area contributed by atoms with E-state index in [1.807, 2.05) is 6.07 Å². The first kappa shape index (κ1) is 23.0. The lowest BCUT2D eigenvalue weighted by atomic mass is 10.0. The highest BCUT2D eigenvalue weighted by atomic mass is 35.5. The minimum atomic E-state index is -0.0257. The number of rotatable bonds is 16. The van der Waals surface area contributed by atoms with E-state index in [0.717, 1.165) is 13.0 Å². The lowest BCUT2D eigenvalue weighted by molar-refractivity contribution is 0.0953. The summed E-state index contributed by atoms with van der Waals surface area (Å²) in [6.07, 6.45) is 18.9. The van der Waals surface area contributed by atoms with Crippen molar-refractivity contribution in [1.82, 2.24) is 5.32 Å². The Kier molecular flexibility index (Phi) is 14.3. The van der Waals surface area contributed by atoms with Crippen LogP contribution >= 0.6 is 11.6 Å². The SMILES string of the molecule is CCCCCCCCCCCCCCCCNC(=O)c1cccc(Cl)c1. The average molecular weight is 380 g/mol. The molecule has 1 amide bonds. The number of halogens is 1. The van der Waals surface area contributed by atoms with Gasteiger partial charge in [0.15, 0.2) is 0 Å². The summed E-state index contributed by atoms with van der Waals surface area (Å²) in [5.41, 5.74) is 0.642. The molecule has 0 aromatic heterocycles. The van der Waals surface area contributed by atoms with Crippen molar-refractivity contribution < 1.29 is 4.79 Å². The first-order chi connectivity index (χ1) is 12.7. The predicted molar refractivity (Wildman–Crippen MR) is 114 cm³/mol. The maximum atomic E-state index is 12.0. The number of amides is 1. The first-order valence-electron chi connectivity index (χ1n) is 10.8. The number of hydrogen-bond acceptors (Lipinski definition) is 1. The number of carbonyl (C=O) groups excluding carboxylic acids is 1. The van der Waals surface area contributed by atoms with E-state index in [0.29, 0.717) is 10.6 Å². The number of unbranched alkanes of at least 4 members (excludes halogenated alkanes) is 13. The van der Waals surface area contributed by atoms with Gasteiger partial charge in [-0.25, -0.2) is 0 Å². The molecule has 3 heteroatoms. The lowest BCUT2D eigenvalue weighted by Gasteiger charge is -2.06. The lowest BCUT2D eigenvalue weighted by Crippen LogP contribution is -2.24. The molecule has 0 heterocycles. The molecule has 0 aliphatic heterocycles. The zero-order valence-corrected chi connectivity index (χ0v) is 17.5. The summed E-state index contributed by atoms with van der Waals surface area (Å²) in [7, 11) is 0. The number of nitrogens with one attached hydrogen (secondary N) is 1. The predicted octanol–water partition coefficient (Wildman–Crippen LogP) is 7.55. The van der Waals surface area contributed by atoms with Crippen LogP contribution in [-0.4, -0.2) is 12.5 Å². The summed E-state index contributed by atoms with van der Waals surface area (Å²) in [5, 5.41) is 3.58. The van der Waals surface area contributed by atoms with Gasteiger partial charge in [0.25, 0.3) is 5.91 Å². The highest BCUT2D eigenvalue weighted by molar-refractivity contribution is 6.30. The van der Waals surface area contributed by atoms with E-state index in [9.17, 15) is 4.79 Å². The number of carbonyl (C=O) groups is 1. The average Bonchev–Trinajstić information content (AvgIpc) is 2.64. The second kappa shape index (κ2) is 16.2. The van der Waals surface area contributed by atoms with E-state index >= 15 is 0 Å². The molecule has 0 saturated heterocycles. The van der Waals surface area contributed by atoms with Gasteiger partial charge in [-0.3, -0.25) is 4.79 Å². The minimum absolute atomic E-state index is 0.0257. The molecule has 2 nitrogen and oxygen atoms in total. The highest BCUT2D eigenvalue weighted by Crippen LogP contribution is 2.13. The largest absolute Gasteiger partial charge is 0.352 e. The summed E-state index contributed by atoms with van der Waals surface area (Å²) in [6, 6.07) is 7.10. The number of hydrogen-bond donors (Lipinski definition) is 1. The Morgan fingerprint density at radius 1 is 0.808 bits per heavy atom. The third-order valence-electron chi connectivity index (χ3n) is 4.90. The van der Waals surface area contributed by atoms with Crippen molar-refractivity contribution >= 4 is 17.5 Å². The Hall–Kier alpha value is -1.02. The zero-order valence-electron chi connectivity index (χ0n) is 16.7. The molecule has 0 aliphatic carbocycles. The Balaban J connectivity index is 1.83. The van der Waals surface area contributed by atoms with Gasteiger partial charge in [-0.1, -0.05) is 108 Å². The molecular weight excluding hydrogens is 342 g/mol. The Morgan fingerprint density at radius 2 is 1.31 bits per heavy atom. The van der Waals surface area contributed by atoms with Gasteiger partial charge in [0, 0.05) is 17.1 Å². The molecule has 1 aromatic rings. The van der Waals surface area contributed by atoms with E-state index in [4.69, 9.17) is 11.6 Å². The third kappa shape index (κ3) is 12.4. The van der Waals surface area contributed by atoms with Gasteiger partial charge in [0.2, 0.25) is 0 Å². The fourth-order valence-corrected chi connectivity index (χ4v) is 3.44. The van der Waals surface area contributed by atoms with Gasteiger partial charge in [0.1, 0.15) is 0 Å². The van der Waals surface area contributed by atoms with Crippen molar-refractivity contribution in [3.05, 3.63) is 34.9 Å². The monoisotopic (exact) mass is 379 g/mol. The summed E-state index contributed by atoms with van der Waals surface area (Å²) < 4.78 is 0. The minimum Gasteiger partial charge on any atom is -0.352 e. The molecule has 0 aliphatic rings. The molecular formula is C23H38ClNO. The molecule has 0 fully saturated rings. The van der Waals surface area contributed by atoms with Crippen LogP contribution in [0.1, 0.15) is 107 Å². The van der Waals surface area contributed by atoms with Crippen LogP contribution in [0.25, 0.3) is 0 Å². The highest BCUT2D eigenvalue weighted by Gasteiger charge is 2.04. The Bertz CT molecular complexity index is 475. The van der Waals surface area contributed by atoms with Crippen LogP contribution in [0, 0.1) is 0 Å². The molecule has 1 rings (SSSR count). The van der Waals surface area contributed by atoms with E-state index in [2.05, 4.69) is 12.2 Å². The third-order valence-corrected chi connectivity index (χ3v) is 5.14. The quantitative estimate of drug-likeness (QED) is 0.295. The van der Waals surface area contributed by atoms with E-state index in [-0.39, 0.29) is 5.91 Å². The van der Waals surface area contributed by atoms with Gasteiger partial charge in [-0.15, -0.1) is 0 Å². The summed E-state index contributed by atoms with van der Waals surface area (Å²) in [6.45, 7) is 3.03. The van der Waals surface area contributed by atoms with Crippen LogP contribution in [-0.2, 0) is 0 Å². The van der Waals surface area contributed by atoms with Crippen molar-refractivity contribution in [1.29, 1.82) is 0 Å².